The summed E-state index contributed by atoms with van der Waals surface area (Å²) in [6.45, 7) is 0.130. The maximum Gasteiger partial charge on any atom is 0.323 e. The molecule has 0 radical (unpaired) electrons. The SMILES string of the molecule is COCCN(CC(=O)O)C(=O)CCc1ncc(-c2ccccc2Cl)o1. The molecular weight excluding hydrogens is 348 g/mol. The van der Waals surface area contributed by atoms with Crippen LogP contribution in [0.5, 0.6) is 0 Å². The number of amides is 1. The van der Waals surface area contributed by atoms with Gasteiger partial charge >= 0.3 is 5.97 Å². The summed E-state index contributed by atoms with van der Waals surface area (Å²) in [7, 11) is 1.49. The number of carboxylic acids is 1. The lowest BCUT2D eigenvalue weighted by molar-refractivity contribution is -0.144. The smallest absolute Gasteiger partial charge is 0.323 e. The number of carboxylic acid groups (broad SMARTS) is 1. The lowest BCUT2D eigenvalue weighted by atomic mass is 10.2. The molecule has 0 saturated carbocycles. The monoisotopic (exact) mass is 366 g/mol. The molecule has 0 bridgehead atoms. The molecule has 0 fully saturated rings. The fraction of sp³-hybridized carbons (Fsp3) is 0.353. The fourth-order valence-corrected chi connectivity index (χ4v) is 2.47. The van der Waals surface area contributed by atoms with Crippen LogP contribution in [0.2, 0.25) is 5.02 Å². The molecule has 0 saturated heterocycles. The molecule has 25 heavy (non-hydrogen) atoms. The first-order valence-corrected chi connectivity index (χ1v) is 8.07. The number of halogens is 1. The molecule has 1 N–H and O–H groups in total. The second-order valence-corrected chi connectivity index (χ2v) is 5.71. The molecular formula is C17H19ClN2O5. The molecule has 2 rings (SSSR count). The van der Waals surface area contributed by atoms with Crippen LogP contribution in [0.25, 0.3) is 11.3 Å². The number of carbonyl (C=O) groups excluding carboxylic acids is 1. The number of rotatable bonds is 9. The van der Waals surface area contributed by atoms with Crippen molar-refractivity contribution in [3.8, 4) is 11.3 Å². The summed E-state index contributed by atoms with van der Waals surface area (Å²) in [6.07, 6.45) is 1.92. The summed E-state index contributed by atoms with van der Waals surface area (Å²) in [6, 6.07) is 7.23. The van der Waals surface area contributed by atoms with Crippen LogP contribution in [0.1, 0.15) is 12.3 Å². The number of ether oxygens (including phenoxy) is 1. The lowest BCUT2D eigenvalue weighted by Gasteiger charge is -2.19. The summed E-state index contributed by atoms with van der Waals surface area (Å²) < 4.78 is 10.5. The first-order valence-electron chi connectivity index (χ1n) is 7.69. The van der Waals surface area contributed by atoms with Crippen molar-refractivity contribution >= 4 is 23.5 Å². The first-order chi connectivity index (χ1) is 12.0. The molecule has 7 nitrogen and oxygen atoms in total. The van der Waals surface area contributed by atoms with Gasteiger partial charge in [0.05, 0.1) is 17.8 Å². The van der Waals surface area contributed by atoms with Crippen LogP contribution in [0.15, 0.2) is 34.9 Å². The average Bonchev–Trinajstić information content (AvgIpc) is 3.05. The summed E-state index contributed by atoms with van der Waals surface area (Å²) in [4.78, 5) is 28.5. The Morgan fingerprint density at radius 2 is 2.12 bits per heavy atom. The Morgan fingerprint density at radius 1 is 1.36 bits per heavy atom. The highest BCUT2D eigenvalue weighted by Gasteiger charge is 2.18. The number of nitrogens with zero attached hydrogens (tertiary/aromatic N) is 2. The predicted molar refractivity (Wildman–Crippen MR) is 91.4 cm³/mol. The van der Waals surface area contributed by atoms with Crippen LogP contribution in [0, 0.1) is 0 Å². The summed E-state index contributed by atoms with van der Waals surface area (Å²) in [5, 5.41) is 9.44. The molecule has 0 aliphatic rings. The minimum atomic E-state index is -1.07. The molecule has 0 unspecified atom stereocenters. The molecule has 0 aliphatic carbocycles. The van der Waals surface area contributed by atoms with Gasteiger partial charge in [-0.25, -0.2) is 4.98 Å². The molecule has 0 atom stereocenters. The van der Waals surface area contributed by atoms with Crippen LogP contribution in [-0.2, 0) is 20.7 Å². The Labute approximate surface area is 150 Å². The van der Waals surface area contributed by atoms with Crippen molar-refractivity contribution in [2.75, 3.05) is 26.8 Å². The van der Waals surface area contributed by atoms with E-state index in [1.165, 1.54) is 12.0 Å². The summed E-state index contributed by atoms with van der Waals surface area (Å²) >= 11 is 6.12. The van der Waals surface area contributed by atoms with Gasteiger partial charge in [-0.1, -0.05) is 23.7 Å². The third kappa shape index (κ3) is 5.58. The maximum absolute atomic E-state index is 12.2. The quantitative estimate of drug-likeness (QED) is 0.732. The highest BCUT2D eigenvalue weighted by atomic mass is 35.5. The van der Waals surface area contributed by atoms with Gasteiger partial charge in [0.1, 0.15) is 6.54 Å². The number of oxazole rings is 1. The zero-order valence-corrected chi connectivity index (χ0v) is 14.5. The minimum Gasteiger partial charge on any atom is -0.480 e. The van der Waals surface area contributed by atoms with Crippen molar-refractivity contribution in [1.82, 2.24) is 9.88 Å². The van der Waals surface area contributed by atoms with Gasteiger partial charge in [-0.15, -0.1) is 0 Å². The van der Waals surface area contributed by atoms with Crippen molar-refractivity contribution in [2.45, 2.75) is 12.8 Å². The number of hydrogen-bond donors (Lipinski definition) is 1. The van der Waals surface area contributed by atoms with Crippen LogP contribution in [-0.4, -0.2) is 53.7 Å². The Hall–Kier alpha value is -2.38. The van der Waals surface area contributed by atoms with Gasteiger partial charge in [-0.05, 0) is 12.1 Å². The van der Waals surface area contributed by atoms with Crippen LogP contribution in [0.3, 0.4) is 0 Å². The Balaban J connectivity index is 1.97. The molecule has 1 heterocycles. The van der Waals surface area contributed by atoms with Crippen molar-refractivity contribution in [3.05, 3.63) is 41.4 Å². The first kappa shape index (κ1) is 19.0. The van der Waals surface area contributed by atoms with Crippen molar-refractivity contribution in [3.63, 3.8) is 0 Å². The standard InChI is InChI=1S/C17H19ClN2O5/c1-24-9-8-20(11-17(22)23)16(21)7-6-15-19-10-14(25-15)12-4-2-3-5-13(12)18/h2-5,10H,6-9,11H2,1H3,(H,22,23). The third-order valence-corrected chi connectivity index (χ3v) is 3.82. The molecule has 2 aromatic rings. The molecule has 1 aromatic heterocycles. The highest BCUT2D eigenvalue weighted by Crippen LogP contribution is 2.28. The molecule has 0 aliphatic heterocycles. The zero-order valence-electron chi connectivity index (χ0n) is 13.8. The van der Waals surface area contributed by atoms with E-state index in [1.54, 1.807) is 12.3 Å². The largest absolute Gasteiger partial charge is 0.480 e. The van der Waals surface area contributed by atoms with Gasteiger partial charge in [-0.3, -0.25) is 9.59 Å². The number of carbonyl (C=O) groups is 2. The van der Waals surface area contributed by atoms with E-state index < -0.39 is 5.97 Å². The number of benzene rings is 1. The van der Waals surface area contributed by atoms with E-state index in [4.69, 9.17) is 25.9 Å². The summed E-state index contributed by atoms with van der Waals surface area (Å²) in [5.74, 6) is -0.446. The van der Waals surface area contributed by atoms with Crippen LogP contribution < -0.4 is 0 Å². The second-order valence-electron chi connectivity index (χ2n) is 5.30. The topological polar surface area (TPSA) is 92.9 Å². The molecule has 1 aromatic carbocycles. The fourth-order valence-electron chi connectivity index (χ4n) is 2.24. The Bertz CT molecular complexity index is 731. The number of aromatic nitrogens is 1. The highest BCUT2D eigenvalue weighted by molar-refractivity contribution is 6.33. The van der Waals surface area contributed by atoms with E-state index in [1.807, 2.05) is 18.2 Å². The lowest BCUT2D eigenvalue weighted by Crippen LogP contribution is -2.38. The zero-order chi connectivity index (χ0) is 18.2. The van der Waals surface area contributed by atoms with E-state index in [0.717, 1.165) is 5.56 Å². The number of methoxy groups -OCH3 is 1. The van der Waals surface area contributed by atoms with Gasteiger partial charge in [0, 0.05) is 32.1 Å². The van der Waals surface area contributed by atoms with E-state index in [-0.39, 0.29) is 38.4 Å². The normalized spacial score (nSPS) is 10.6. The Morgan fingerprint density at radius 3 is 2.80 bits per heavy atom. The average molecular weight is 367 g/mol. The van der Waals surface area contributed by atoms with E-state index >= 15 is 0 Å². The minimum absolute atomic E-state index is 0.0967. The van der Waals surface area contributed by atoms with Gasteiger partial charge < -0.3 is 19.2 Å². The van der Waals surface area contributed by atoms with Gasteiger partial charge in [0.2, 0.25) is 5.91 Å². The number of hydrogen-bond acceptors (Lipinski definition) is 5. The van der Waals surface area contributed by atoms with Crippen molar-refractivity contribution < 1.29 is 23.8 Å². The molecule has 134 valence electrons. The summed E-state index contributed by atoms with van der Waals surface area (Å²) in [5.41, 5.74) is 0.724. The van der Waals surface area contributed by atoms with Gasteiger partial charge in [0.25, 0.3) is 0 Å². The third-order valence-electron chi connectivity index (χ3n) is 3.49. The van der Waals surface area contributed by atoms with Gasteiger partial charge in [-0.2, -0.15) is 0 Å². The number of aliphatic carboxylic acids is 1. The van der Waals surface area contributed by atoms with Crippen LogP contribution in [0.4, 0.5) is 0 Å². The van der Waals surface area contributed by atoms with Gasteiger partial charge in [0.15, 0.2) is 11.7 Å². The molecule has 1 amide bonds. The Kier molecular flexibility index (Phi) is 6.97. The van der Waals surface area contributed by atoms with Crippen LogP contribution >= 0.6 is 11.6 Å². The second kappa shape index (κ2) is 9.19. The molecule has 0 spiro atoms. The van der Waals surface area contributed by atoms with Crippen molar-refractivity contribution in [2.24, 2.45) is 0 Å². The van der Waals surface area contributed by atoms with E-state index in [0.29, 0.717) is 16.7 Å². The van der Waals surface area contributed by atoms with E-state index in [2.05, 4.69) is 4.98 Å². The van der Waals surface area contributed by atoms with Crippen molar-refractivity contribution in [1.29, 1.82) is 0 Å². The molecule has 8 heteroatoms. The maximum atomic E-state index is 12.2. The van der Waals surface area contributed by atoms with E-state index in [9.17, 15) is 9.59 Å². The predicted octanol–water partition coefficient (Wildman–Crippen LogP) is 2.49. The number of aryl methyl sites for hydroxylation is 1.